The average molecular weight is 225 g/mol. The number of rotatable bonds is 8. The fraction of sp³-hybridized carbons (Fsp3) is 1.00. The molecule has 1 N–H and O–H groups in total. The van der Waals surface area contributed by atoms with Gasteiger partial charge in [0, 0.05) is 6.04 Å². The minimum atomic E-state index is 0.608. The maximum atomic E-state index is 3.56. The van der Waals surface area contributed by atoms with E-state index >= 15 is 0 Å². The summed E-state index contributed by atoms with van der Waals surface area (Å²) < 4.78 is 0. The molecule has 0 aliphatic heterocycles. The predicted molar refractivity (Wildman–Crippen MR) is 72.7 cm³/mol. The molecule has 1 saturated carbocycles. The van der Waals surface area contributed by atoms with Crippen molar-refractivity contribution in [3.63, 3.8) is 0 Å². The van der Waals surface area contributed by atoms with Gasteiger partial charge in [-0.3, -0.25) is 0 Å². The molecule has 1 fully saturated rings. The summed E-state index contributed by atoms with van der Waals surface area (Å²) >= 11 is 0. The van der Waals surface area contributed by atoms with E-state index in [0.29, 0.717) is 5.41 Å². The van der Waals surface area contributed by atoms with Gasteiger partial charge in [0.2, 0.25) is 0 Å². The molecular weight excluding hydrogens is 194 g/mol. The van der Waals surface area contributed by atoms with Crippen LogP contribution in [0.25, 0.3) is 0 Å². The van der Waals surface area contributed by atoms with E-state index in [1.165, 1.54) is 38.5 Å². The topological polar surface area (TPSA) is 12.0 Å². The first-order valence-electron chi connectivity index (χ1n) is 7.22. The van der Waals surface area contributed by atoms with Crippen LogP contribution in [0.5, 0.6) is 0 Å². The monoisotopic (exact) mass is 225 g/mol. The van der Waals surface area contributed by atoms with Crippen molar-refractivity contribution in [2.24, 2.45) is 17.3 Å². The molecule has 3 unspecified atom stereocenters. The molecule has 0 radical (unpaired) electrons. The van der Waals surface area contributed by atoms with Gasteiger partial charge in [-0.15, -0.1) is 0 Å². The quantitative estimate of drug-likeness (QED) is 0.652. The van der Waals surface area contributed by atoms with Gasteiger partial charge in [-0.2, -0.15) is 0 Å². The molecule has 0 aromatic heterocycles. The first-order valence-corrected chi connectivity index (χ1v) is 7.22. The molecule has 1 aliphatic carbocycles. The number of hydrogen-bond acceptors (Lipinski definition) is 1. The Kier molecular flexibility index (Phi) is 5.30. The second kappa shape index (κ2) is 6.05. The summed E-state index contributed by atoms with van der Waals surface area (Å²) in [6.07, 6.45) is 8.34. The normalized spacial score (nSPS) is 26.4. The zero-order valence-electron chi connectivity index (χ0n) is 12.0. The van der Waals surface area contributed by atoms with Crippen molar-refractivity contribution >= 4 is 0 Å². The second-order valence-electron chi connectivity index (χ2n) is 6.35. The highest BCUT2D eigenvalue weighted by Gasteiger charge is 2.49. The van der Waals surface area contributed by atoms with Crippen LogP contribution in [0, 0.1) is 17.3 Å². The van der Waals surface area contributed by atoms with E-state index in [-0.39, 0.29) is 0 Å². The van der Waals surface area contributed by atoms with Gasteiger partial charge < -0.3 is 5.32 Å². The Balaban J connectivity index is 2.36. The summed E-state index contributed by atoms with van der Waals surface area (Å²) in [4.78, 5) is 0. The van der Waals surface area contributed by atoms with Crippen molar-refractivity contribution < 1.29 is 0 Å². The Morgan fingerprint density at radius 1 is 1.31 bits per heavy atom. The van der Waals surface area contributed by atoms with E-state index in [0.717, 1.165) is 17.9 Å². The molecule has 0 heterocycles. The van der Waals surface area contributed by atoms with Crippen LogP contribution in [-0.2, 0) is 0 Å². The molecule has 0 saturated heterocycles. The van der Waals surface area contributed by atoms with Crippen molar-refractivity contribution in [1.82, 2.24) is 5.32 Å². The molecule has 0 bridgehead atoms. The van der Waals surface area contributed by atoms with Crippen molar-refractivity contribution in [1.29, 1.82) is 0 Å². The Labute approximate surface area is 102 Å². The van der Waals surface area contributed by atoms with Gasteiger partial charge in [-0.25, -0.2) is 0 Å². The summed E-state index contributed by atoms with van der Waals surface area (Å²) in [5.41, 5.74) is 0.608. The standard InChI is InChI=1S/C15H31N/c1-6-8-9-12(7-2)10-14(16-5)13-11-15(13,3)4/h12-14,16H,6-11H2,1-5H3. The number of unbranched alkanes of at least 4 members (excludes halogenated alkanes) is 1. The lowest BCUT2D eigenvalue weighted by Crippen LogP contribution is -2.31. The van der Waals surface area contributed by atoms with Crippen LogP contribution in [0.4, 0.5) is 0 Å². The van der Waals surface area contributed by atoms with E-state index in [9.17, 15) is 0 Å². The van der Waals surface area contributed by atoms with Gasteiger partial charge in [0.25, 0.3) is 0 Å². The fourth-order valence-electron chi connectivity index (χ4n) is 3.02. The Morgan fingerprint density at radius 2 is 1.94 bits per heavy atom. The summed E-state index contributed by atoms with van der Waals surface area (Å²) in [7, 11) is 2.14. The highest BCUT2D eigenvalue weighted by atomic mass is 14.9. The van der Waals surface area contributed by atoms with E-state index in [2.05, 4.69) is 40.1 Å². The average Bonchev–Trinajstić information content (AvgIpc) is 2.88. The summed E-state index contributed by atoms with van der Waals surface area (Å²) in [5.74, 6) is 1.86. The molecule has 0 aromatic rings. The molecule has 0 amide bonds. The molecule has 16 heavy (non-hydrogen) atoms. The van der Waals surface area contributed by atoms with E-state index in [1.807, 2.05) is 0 Å². The van der Waals surface area contributed by atoms with Crippen LogP contribution in [0.15, 0.2) is 0 Å². The molecule has 1 aliphatic rings. The van der Waals surface area contributed by atoms with E-state index in [4.69, 9.17) is 0 Å². The third-order valence-electron chi connectivity index (χ3n) is 4.58. The van der Waals surface area contributed by atoms with Crippen LogP contribution in [0.1, 0.15) is 66.2 Å². The third-order valence-corrected chi connectivity index (χ3v) is 4.58. The lowest BCUT2D eigenvalue weighted by atomic mass is 9.89. The minimum Gasteiger partial charge on any atom is -0.317 e. The van der Waals surface area contributed by atoms with E-state index < -0.39 is 0 Å². The number of nitrogens with one attached hydrogen (secondary N) is 1. The molecule has 1 heteroatoms. The highest BCUT2D eigenvalue weighted by Crippen LogP contribution is 2.54. The van der Waals surface area contributed by atoms with Gasteiger partial charge in [-0.05, 0) is 37.1 Å². The summed E-state index contributed by atoms with van der Waals surface area (Å²) in [6.45, 7) is 9.47. The van der Waals surface area contributed by atoms with Crippen LogP contribution in [0.2, 0.25) is 0 Å². The molecule has 96 valence electrons. The summed E-state index contributed by atoms with van der Waals surface area (Å²) in [5, 5.41) is 3.56. The molecule has 1 rings (SSSR count). The van der Waals surface area contributed by atoms with E-state index in [1.54, 1.807) is 0 Å². The molecule has 1 nitrogen and oxygen atoms in total. The first kappa shape index (κ1) is 14.0. The fourth-order valence-corrected chi connectivity index (χ4v) is 3.02. The third kappa shape index (κ3) is 3.76. The van der Waals surface area contributed by atoms with Crippen LogP contribution < -0.4 is 5.32 Å². The number of hydrogen-bond donors (Lipinski definition) is 1. The predicted octanol–water partition coefficient (Wildman–Crippen LogP) is 4.23. The van der Waals surface area contributed by atoms with Crippen molar-refractivity contribution in [3.8, 4) is 0 Å². The van der Waals surface area contributed by atoms with Gasteiger partial charge in [-0.1, -0.05) is 53.4 Å². The minimum absolute atomic E-state index is 0.608. The summed E-state index contributed by atoms with van der Waals surface area (Å²) in [6, 6.07) is 0.761. The smallest absolute Gasteiger partial charge is 0.0100 e. The Bertz CT molecular complexity index is 198. The Hall–Kier alpha value is -0.0400. The van der Waals surface area contributed by atoms with Crippen molar-refractivity contribution in [2.75, 3.05) is 7.05 Å². The molecule has 0 aromatic carbocycles. The van der Waals surface area contributed by atoms with Gasteiger partial charge >= 0.3 is 0 Å². The SMILES string of the molecule is CCCCC(CC)CC(NC)C1CC1(C)C. The zero-order valence-corrected chi connectivity index (χ0v) is 12.0. The van der Waals surface area contributed by atoms with Crippen molar-refractivity contribution in [3.05, 3.63) is 0 Å². The lowest BCUT2D eigenvalue weighted by molar-refractivity contribution is 0.318. The first-order chi connectivity index (χ1) is 7.55. The Morgan fingerprint density at radius 3 is 2.31 bits per heavy atom. The molecule has 0 spiro atoms. The largest absolute Gasteiger partial charge is 0.317 e. The van der Waals surface area contributed by atoms with Gasteiger partial charge in [0.05, 0.1) is 0 Å². The lowest BCUT2D eigenvalue weighted by Gasteiger charge is -2.23. The second-order valence-corrected chi connectivity index (χ2v) is 6.35. The molecule has 3 atom stereocenters. The van der Waals surface area contributed by atoms with Gasteiger partial charge in [0.1, 0.15) is 0 Å². The van der Waals surface area contributed by atoms with Crippen LogP contribution in [-0.4, -0.2) is 13.1 Å². The zero-order chi connectivity index (χ0) is 12.2. The van der Waals surface area contributed by atoms with Crippen LogP contribution >= 0.6 is 0 Å². The maximum Gasteiger partial charge on any atom is 0.0100 e. The van der Waals surface area contributed by atoms with Crippen LogP contribution in [0.3, 0.4) is 0 Å². The van der Waals surface area contributed by atoms with Crippen molar-refractivity contribution in [2.45, 2.75) is 72.3 Å². The maximum absolute atomic E-state index is 3.56. The highest BCUT2D eigenvalue weighted by molar-refractivity contribution is 5.01. The van der Waals surface area contributed by atoms with Gasteiger partial charge in [0.15, 0.2) is 0 Å². The molecular formula is C15H31N.